The molecule has 0 aromatic heterocycles. The summed E-state index contributed by atoms with van der Waals surface area (Å²) in [4.78, 5) is 0. The average Bonchev–Trinajstić information content (AvgIpc) is 2.22. The smallest absolute Gasteiger partial charge is 0.427 e. The van der Waals surface area contributed by atoms with Gasteiger partial charge in [0.2, 0.25) is 0 Å². The molecule has 1 aliphatic carbocycles. The van der Waals surface area contributed by atoms with E-state index < -0.39 is 7.12 Å². The lowest BCUT2D eigenvalue weighted by molar-refractivity contribution is 0.360. The van der Waals surface area contributed by atoms with Crippen LogP contribution in [0.15, 0.2) is 0 Å². The van der Waals surface area contributed by atoms with E-state index in [2.05, 4.69) is 6.92 Å². The molecule has 1 fully saturated rings. The van der Waals surface area contributed by atoms with Gasteiger partial charge in [0.05, 0.1) is 7.85 Å². The average molecular weight is 222 g/mol. The van der Waals surface area contributed by atoms with E-state index in [4.69, 9.17) is 7.85 Å². The zero-order valence-corrected chi connectivity index (χ0v) is 10.5. The first-order valence-electron chi connectivity index (χ1n) is 6.66. The standard InChI is InChI=1S/C12H24B2O2/c1-12(13)9-6-4-2-3-5-7-11(8-10-12)14(15)16/h11,15-16H,2-10H2,1H3. The van der Waals surface area contributed by atoms with Gasteiger partial charge in [-0.05, 0) is 5.82 Å². The summed E-state index contributed by atoms with van der Waals surface area (Å²) in [6, 6.07) is 0. The van der Waals surface area contributed by atoms with E-state index in [1.165, 1.54) is 25.7 Å². The van der Waals surface area contributed by atoms with Gasteiger partial charge >= 0.3 is 7.12 Å². The van der Waals surface area contributed by atoms with Crippen LogP contribution < -0.4 is 0 Å². The van der Waals surface area contributed by atoms with Crippen LogP contribution in [0.5, 0.6) is 0 Å². The first-order chi connectivity index (χ1) is 7.51. The highest BCUT2D eigenvalue weighted by atomic mass is 16.4. The Bertz CT molecular complexity index is 195. The molecule has 16 heavy (non-hydrogen) atoms. The molecule has 0 aromatic carbocycles. The molecule has 4 heteroatoms. The third-order valence-electron chi connectivity index (χ3n) is 3.83. The van der Waals surface area contributed by atoms with Crippen LogP contribution in [0.2, 0.25) is 11.1 Å². The molecule has 90 valence electrons. The van der Waals surface area contributed by atoms with Crippen LogP contribution in [0.1, 0.15) is 64.7 Å². The van der Waals surface area contributed by atoms with Gasteiger partial charge in [-0.2, -0.15) is 0 Å². The van der Waals surface area contributed by atoms with Gasteiger partial charge in [0.25, 0.3) is 0 Å². The summed E-state index contributed by atoms with van der Waals surface area (Å²) in [7, 11) is 5.05. The Hall–Kier alpha value is 0.0499. The molecule has 0 spiro atoms. The molecule has 0 saturated heterocycles. The van der Waals surface area contributed by atoms with Gasteiger partial charge in [0, 0.05) is 0 Å². The van der Waals surface area contributed by atoms with Crippen LogP contribution in [0, 0.1) is 0 Å². The molecule has 0 bridgehead atoms. The Morgan fingerprint density at radius 2 is 1.62 bits per heavy atom. The maximum atomic E-state index is 9.31. The van der Waals surface area contributed by atoms with Crippen molar-refractivity contribution in [1.82, 2.24) is 0 Å². The second-order valence-electron chi connectivity index (χ2n) is 5.67. The van der Waals surface area contributed by atoms with Crippen molar-refractivity contribution in [3.8, 4) is 0 Å². The van der Waals surface area contributed by atoms with Crippen molar-refractivity contribution in [2.24, 2.45) is 0 Å². The predicted octanol–water partition coefficient (Wildman–Crippen LogP) is 2.70. The molecule has 2 N–H and O–H groups in total. The molecule has 0 aliphatic heterocycles. The molecule has 2 atom stereocenters. The molecule has 2 radical (unpaired) electrons. The Balaban J connectivity index is 2.50. The quantitative estimate of drug-likeness (QED) is 0.669. The molecule has 0 aromatic rings. The van der Waals surface area contributed by atoms with Crippen LogP contribution in [0.3, 0.4) is 0 Å². The van der Waals surface area contributed by atoms with Crippen LogP contribution in [0.4, 0.5) is 0 Å². The predicted molar refractivity (Wildman–Crippen MR) is 69.6 cm³/mol. The maximum Gasteiger partial charge on any atom is 0.454 e. The molecular formula is C12H24B2O2. The van der Waals surface area contributed by atoms with E-state index in [1.54, 1.807) is 0 Å². The van der Waals surface area contributed by atoms with E-state index in [1.807, 2.05) is 0 Å². The summed E-state index contributed by atoms with van der Waals surface area (Å²) in [6.07, 6.45) is 9.77. The van der Waals surface area contributed by atoms with Gasteiger partial charge in [-0.25, -0.2) is 0 Å². The van der Waals surface area contributed by atoms with E-state index in [9.17, 15) is 10.0 Å². The van der Waals surface area contributed by atoms with Gasteiger partial charge in [-0.15, -0.1) is 0 Å². The van der Waals surface area contributed by atoms with Crippen LogP contribution in [-0.2, 0) is 0 Å². The minimum absolute atomic E-state index is 0.0148. The lowest BCUT2D eigenvalue weighted by Gasteiger charge is -2.27. The van der Waals surface area contributed by atoms with Crippen LogP contribution in [0.25, 0.3) is 0 Å². The molecule has 2 unspecified atom stereocenters. The first kappa shape index (κ1) is 14.1. The topological polar surface area (TPSA) is 40.5 Å². The second kappa shape index (κ2) is 6.70. The monoisotopic (exact) mass is 222 g/mol. The number of rotatable bonds is 1. The third-order valence-corrected chi connectivity index (χ3v) is 3.83. The van der Waals surface area contributed by atoms with Crippen molar-refractivity contribution in [3.05, 3.63) is 0 Å². The van der Waals surface area contributed by atoms with E-state index in [0.29, 0.717) is 0 Å². The van der Waals surface area contributed by atoms with Crippen molar-refractivity contribution in [3.63, 3.8) is 0 Å². The Morgan fingerprint density at radius 3 is 2.31 bits per heavy atom. The zero-order chi connectivity index (χ0) is 12.0. The summed E-state index contributed by atoms with van der Waals surface area (Å²) in [5, 5.41) is 18.5. The molecular weight excluding hydrogens is 198 g/mol. The van der Waals surface area contributed by atoms with Gasteiger partial charge in [-0.3, -0.25) is 0 Å². The molecule has 1 rings (SSSR count). The summed E-state index contributed by atoms with van der Waals surface area (Å²) in [6.45, 7) is 2.09. The molecule has 1 aliphatic rings. The summed E-state index contributed by atoms with van der Waals surface area (Å²) in [5.41, 5.74) is 0. The fraction of sp³-hybridized carbons (Fsp3) is 1.00. The second-order valence-corrected chi connectivity index (χ2v) is 5.67. The van der Waals surface area contributed by atoms with Crippen molar-refractivity contribution in [2.45, 2.75) is 75.8 Å². The van der Waals surface area contributed by atoms with E-state index >= 15 is 0 Å². The molecule has 0 amide bonds. The van der Waals surface area contributed by atoms with Gasteiger partial charge < -0.3 is 10.0 Å². The number of hydrogen-bond donors (Lipinski definition) is 2. The largest absolute Gasteiger partial charge is 0.454 e. The highest BCUT2D eigenvalue weighted by molar-refractivity contribution is 6.43. The molecule has 1 saturated carbocycles. The van der Waals surface area contributed by atoms with Gasteiger partial charge in [-0.1, -0.05) is 70.0 Å². The summed E-state index contributed by atoms with van der Waals surface area (Å²) in [5.74, 6) is 0.0148. The first-order valence-corrected chi connectivity index (χ1v) is 6.66. The highest BCUT2D eigenvalue weighted by Crippen LogP contribution is 2.38. The normalized spacial score (nSPS) is 34.1. The van der Waals surface area contributed by atoms with Crippen molar-refractivity contribution >= 4 is 15.0 Å². The Morgan fingerprint density at radius 1 is 1.00 bits per heavy atom. The van der Waals surface area contributed by atoms with Crippen LogP contribution >= 0.6 is 0 Å². The third kappa shape index (κ3) is 5.40. The Kier molecular flexibility index (Phi) is 5.91. The van der Waals surface area contributed by atoms with Crippen molar-refractivity contribution in [1.29, 1.82) is 0 Å². The molecule has 0 heterocycles. The molecule has 2 nitrogen and oxygen atoms in total. The fourth-order valence-electron chi connectivity index (χ4n) is 2.55. The van der Waals surface area contributed by atoms with E-state index in [-0.39, 0.29) is 11.1 Å². The zero-order valence-electron chi connectivity index (χ0n) is 10.5. The minimum Gasteiger partial charge on any atom is -0.427 e. The summed E-state index contributed by atoms with van der Waals surface area (Å²) < 4.78 is 0. The minimum atomic E-state index is -1.17. The van der Waals surface area contributed by atoms with Crippen LogP contribution in [-0.4, -0.2) is 25.0 Å². The maximum absolute atomic E-state index is 9.31. The highest BCUT2D eigenvalue weighted by Gasteiger charge is 2.26. The lowest BCUT2D eigenvalue weighted by atomic mass is 9.60. The van der Waals surface area contributed by atoms with Crippen molar-refractivity contribution in [2.75, 3.05) is 0 Å². The fourth-order valence-corrected chi connectivity index (χ4v) is 2.55. The van der Waals surface area contributed by atoms with Crippen molar-refractivity contribution < 1.29 is 10.0 Å². The number of hydrogen-bond acceptors (Lipinski definition) is 2. The Labute approximate surface area is 101 Å². The lowest BCUT2D eigenvalue weighted by Crippen LogP contribution is -2.22. The SMILES string of the molecule is [B]C1(C)CCCCCCCC(B(O)O)CC1. The van der Waals surface area contributed by atoms with E-state index in [0.717, 1.165) is 32.1 Å². The van der Waals surface area contributed by atoms with Gasteiger partial charge in [0.1, 0.15) is 0 Å². The van der Waals surface area contributed by atoms with Gasteiger partial charge in [0.15, 0.2) is 0 Å². The summed E-state index contributed by atoms with van der Waals surface area (Å²) >= 11 is 0.